The number of ether oxygens (including phenoxy) is 2. The van der Waals surface area contributed by atoms with E-state index < -0.39 is 12.1 Å². The monoisotopic (exact) mass is 277 g/mol. The predicted octanol–water partition coefficient (Wildman–Crippen LogP) is 2.42. The third kappa shape index (κ3) is 5.14. The Morgan fingerprint density at radius 1 is 1.15 bits per heavy atom. The van der Waals surface area contributed by atoms with Crippen molar-refractivity contribution in [3.63, 3.8) is 0 Å². The van der Waals surface area contributed by atoms with Crippen molar-refractivity contribution in [1.29, 1.82) is 0 Å². The average Bonchev–Trinajstić information content (AvgIpc) is 2.49. The summed E-state index contributed by atoms with van der Waals surface area (Å²) in [6.07, 6.45) is -0.522. The maximum Gasteiger partial charge on any atom is 0.407 e. The fraction of sp³-hybridized carbons (Fsp3) is 0.333. The minimum absolute atomic E-state index is 0.214. The van der Waals surface area contributed by atoms with Gasteiger partial charge in [-0.05, 0) is 25.0 Å². The second kappa shape index (κ2) is 7.99. The van der Waals surface area contributed by atoms with Crippen molar-refractivity contribution in [2.75, 3.05) is 13.7 Å². The van der Waals surface area contributed by atoms with Gasteiger partial charge in [0.2, 0.25) is 0 Å². The minimum Gasteiger partial charge on any atom is -0.466 e. The summed E-state index contributed by atoms with van der Waals surface area (Å²) < 4.78 is 9.66. The molecule has 108 valence electrons. The lowest BCUT2D eigenvalue weighted by atomic mass is 10.1. The van der Waals surface area contributed by atoms with Gasteiger partial charge in [0.15, 0.2) is 0 Å². The molecule has 5 heteroatoms. The largest absolute Gasteiger partial charge is 0.466 e. The molecule has 1 rings (SSSR count). The van der Waals surface area contributed by atoms with Gasteiger partial charge in [0.25, 0.3) is 0 Å². The summed E-state index contributed by atoms with van der Waals surface area (Å²) in [5, 5.41) is 2.59. The van der Waals surface area contributed by atoms with E-state index in [1.807, 2.05) is 30.3 Å². The molecule has 0 bridgehead atoms. The van der Waals surface area contributed by atoms with Crippen LogP contribution in [-0.4, -0.2) is 25.7 Å². The van der Waals surface area contributed by atoms with Gasteiger partial charge in [-0.2, -0.15) is 0 Å². The van der Waals surface area contributed by atoms with Crippen molar-refractivity contribution in [3.8, 4) is 0 Å². The van der Waals surface area contributed by atoms with Gasteiger partial charge < -0.3 is 14.8 Å². The first-order valence-corrected chi connectivity index (χ1v) is 6.23. The van der Waals surface area contributed by atoms with Gasteiger partial charge in [-0.25, -0.2) is 9.59 Å². The molecule has 0 aliphatic carbocycles. The molecular formula is C15H19NO4. The Labute approximate surface area is 118 Å². The molecule has 0 heterocycles. The number of hydrogen-bond acceptors (Lipinski definition) is 4. The highest BCUT2D eigenvalue weighted by Crippen LogP contribution is 2.04. The Hall–Kier alpha value is -2.30. The van der Waals surface area contributed by atoms with E-state index in [2.05, 4.69) is 10.1 Å². The predicted molar refractivity (Wildman–Crippen MR) is 75.0 cm³/mol. The van der Waals surface area contributed by atoms with Crippen LogP contribution in [0.1, 0.15) is 19.4 Å². The SMILES string of the molecule is COC(=O)/C(C)=C(\C)CNC(=O)OCc1ccccc1. The number of alkyl carbamates (subject to hydrolysis) is 1. The summed E-state index contributed by atoms with van der Waals surface area (Å²) in [7, 11) is 1.32. The number of nitrogens with one attached hydrogen (secondary N) is 1. The summed E-state index contributed by atoms with van der Waals surface area (Å²) in [4.78, 5) is 22.8. The summed E-state index contributed by atoms with van der Waals surface area (Å²) in [5.41, 5.74) is 2.13. The fourth-order valence-corrected chi connectivity index (χ4v) is 1.44. The lowest BCUT2D eigenvalue weighted by molar-refractivity contribution is -0.136. The number of carbonyl (C=O) groups is 2. The number of carbonyl (C=O) groups excluding carboxylic acids is 2. The summed E-state index contributed by atoms with van der Waals surface area (Å²) in [6, 6.07) is 9.40. The fourth-order valence-electron chi connectivity index (χ4n) is 1.44. The van der Waals surface area contributed by atoms with Gasteiger partial charge in [-0.1, -0.05) is 30.3 Å². The van der Waals surface area contributed by atoms with Crippen molar-refractivity contribution in [1.82, 2.24) is 5.32 Å². The maximum absolute atomic E-state index is 11.5. The molecular weight excluding hydrogens is 258 g/mol. The van der Waals surface area contributed by atoms with Crippen molar-refractivity contribution < 1.29 is 19.1 Å². The van der Waals surface area contributed by atoms with E-state index in [0.29, 0.717) is 5.57 Å². The average molecular weight is 277 g/mol. The van der Waals surface area contributed by atoms with E-state index in [1.54, 1.807) is 13.8 Å². The van der Waals surface area contributed by atoms with E-state index in [0.717, 1.165) is 11.1 Å². The van der Waals surface area contributed by atoms with Gasteiger partial charge in [-0.15, -0.1) is 0 Å². The Morgan fingerprint density at radius 2 is 1.80 bits per heavy atom. The normalized spacial score (nSPS) is 11.3. The molecule has 1 aromatic carbocycles. The minimum atomic E-state index is -0.522. The van der Waals surface area contributed by atoms with Crippen molar-refractivity contribution >= 4 is 12.1 Å². The standard InChI is InChI=1S/C15H19NO4/c1-11(12(2)14(17)19-3)9-16-15(18)20-10-13-7-5-4-6-8-13/h4-8H,9-10H2,1-3H3,(H,16,18)/b12-11+. The van der Waals surface area contributed by atoms with E-state index in [9.17, 15) is 9.59 Å². The van der Waals surface area contributed by atoms with Crippen LogP contribution < -0.4 is 5.32 Å². The molecule has 0 aliphatic heterocycles. The molecule has 0 spiro atoms. The molecule has 0 fully saturated rings. The van der Waals surface area contributed by atoms with E-state index in [4.69, 9.17) is 4.74 Å². The molecule has 0 saturated carbocycles. The molecule has 0 aromatic heterocycles. The third-order valence-corrected chi connectivity index (χ3v) is 2.84. The van der Waals surface area contributed by atoms with Gasteiger partial charge in [-0.3, -0.25) is 0 Å². The molecule has 1 N–H and O–H groups in total. The zero-order valence-corrected chi connectivity index (χ0v) is 11.9. The second-order valence-corrected chi connectivity index (χ2v) is 4.31. The molecule has 5 nitrogen and oxygen atoms in total. The highest BCUT2D eigenvalue weighted by Gasteiger charge is 2.09. The first-order chi connectivity index (χ1) is 9.54. The molecule has 0 saturated heterocycles. The number of methoxy groups -OCH3 is 1. The van der Waals surface area contributed by atoms with Gasteiger partial charge in [0.05, 0.1) is 7.11 Å². The van der Waals surface area contributed by atoms with Gasteiger partial charge in [0, 0.05) is 12.1 Å². The smallest absolute Gasteiger partial charge is 0.407 e. The number of amides is 1. The van der Waals surface area contributed by atoms with Crippen LogP contribution in [0.15, 0.2) is 41.5 Å². The number of hydrogen-bond donors (Lipinski definition) is 1. The van der Waals surface area contributed by atoms with Crippen LogP contribution in [0.5, 0.6) is 0 Å². The van der Waals surface area contributed by atoms with Crippen LogP contribution >= 0.6 is 0 Å². The molecule has 0 atom stereocenters. The number of rotatable bonds is 5. The summed E-state index contributed by atoms with van der Waals surface area (Å²) in [5.74, 6) is -0.401. The van der Waals surface area contributed by atoms with Gasteiger partial charge >= 0.3 is 12.1 Å². The number of esters is 1. The quantitative estimate of drug-likeness (QED) is 0.663. The summed E-state index contributed by atoms with van der Waals surface area (Å²) in [6.45, 7) is 3.86. The molecule has 0 radical (unpaired) electrons. The Balaban J connectivity index is 2.38. The zero-order chi connectivity index (χ0) is 15.0. The van der Waals surface area contributed by atoms with E-state index in [-0.39, 0.29) is 13.2 Å². The molecule has 1 amide bonds. The lowest BCUT2D eigenvalue weighted by Gasteiger charge is -2.09. The van der Waals surface area contributed by atoms with Crippen LogP contribution in [0.25, 0.3) is 0 Å². The van der Waals surface area contributed by atoms with Crippen molar-refractivity contribution in [3.05, 3.63) is 47.0 Å². The lowest BCUT2D eigenvalue weighted by Crippen LogP contribution is -2.26. The van der Waals surface area contributed by atoms with Crippen LogP contribution in [0.4, 0.5) is 4.79 Å². The first-order valence-electron chi connectivity index (χ1n) is 6.23. The maximum atomic E-state index is 11.5. The highest BCUT2D eigenvalue weighted by molar-refractivity contribution is 5.88. The van der Waals surface area contributed by atoms with Crippen LogP contribution in [-0.2, 0) is 20.9 Å². The Kier molecular flexibility index (Phi) is 6.29. The first kappa shape index (κ1) is 15.8. The van der Waals surface area contributed by atoms with Crippen LogP contribution in [0, 0.1) is 0 Å². The Morgan fingerprint density at radius 3 is 2.40 bits per heavy atom. The van der Waals surface area contributed by atoms with Crippen molar-refractivity contribution in [2.45, 2.75) is 20.5 Å². The third-order valence-electron chi connectivity index (χ3n) is 2.84. The topological polar surface area (TPSA) is 64.6 Å². The van der Waals surface area contributed by atoms with Crippen LogP contribution in [0.2, 0.25) is 0 Å². The second-order valence-electron chi connectivity index (χ2n) is 4.31. The highest BCUT2D eigenvalue weighted by atomic mass is 16.5. The zero-order valence-electron chi connectivity index (χ0n) is 11.9. The summed E-state index contributed by atoms with van der Waals surface area (Å²) >= 11 is 0. The Bertz CT molecular complexity index is 494. The number of benzene rings is 1. The molecule has 0 unspecified atom stereocenters. The van der Waals surface area contributed by atoms with E-state index in [1.165, 1.54) is 7.11 Å². The molecule has 0 aliphatic rings. The van der Waals surface area contributed by atoms with Crippen molar-refractivity contribution in [2.24, 2.45) is 0 Å². The van der Waals surface area contributed by atoms with Crippen LogP contribution in [0.3, 0.4) is 0 Å². The molecule has 1 aromatic rings. The van der Waals surface area contributed by atoms with Gasteiger partial charge in [0.1, 0.15) is 6.61 Å². The van der Waals surface area contributed by atoms with E-state index >= 15 is 0 Å². The molecule has 20 heavy (non-hydrogen) atoms.